The van der Waals surface area contributed by atoms with E-state index in [1.807, 2.05) is 6.92 Å². The van der Waals surface area contributed by atoms with Crippen molar-refractivity contribution < 1.29 is 8.78 Å². The van der Waals surface area contributed by atoms with Crippen LogP contribution in [0.1, 0.15) is 31.0 Å². The van der Waals surface area contributed by atoms with Crippen LogP contribution in [0.3, 0.4) is 0 Å². The predicted octanol–water partition coefficient (Wildman–Crippen LogP) is 3.32. The zero-order valence-electron chi connectivity index (χ0n) is 15.5. The van der Waals surface area contributed by atoms with Crippen LogP contribution in [0.2, 0.25) is 0 Å². The average Bonchev–Trinajstić information content (AvgIpc) is 3.33. The van der Waals surface area contributed by atoms with Gasteiger partial charge in [0.25, 0.3) is 0 Å². The zero-order valence-corrected chi connectivity index (χ0v) is 16.3. The third kappa shape index (κ3) is 5.63. The highest BCUT2D eigenvalue weighted by atomic mass is 32.1. The van der Waals surface area contributed by atoms with Crippen LogP contribution in [-0.2, 0) is 13.0 Å². The Morgan fingerprint density at radius 3 is 2.85 bits per heavy atom. The van der Waals surface area contributed by atoms with E-state index in [9.17, 15) is 8.78 Å². The van der Waals surface area contributed by atoms with E-state index >= 15 is 0 Å². The molecule has 1 aliphatic rings. The fourth-order valence-electron chi connectivity index (χ4n) is 2.94. The molecule has 2 heterocycles. The fraction of sp³-hybridized carbons (Fsp3) is 0.474. The van der Waals surface area contributed by atoms with E-state index in [0.29, 0.717) is 19.0 Å². The van der Waals surface area contributed by atoms with Crippen molar-refractivity contribution in [3.8, 4) is 0 Å². The molecule has 0 amide bonds. The zero-order chi connectivity index (χ0) is 19.1. The molecule has 1 fully saturated rings. The minimum absolute atomic E-state index is 0.0781. The van der Waals surface area contributed by atoms with Crippen LogP contribution >= 0.6 is 11.3 Å². The van der Waals surface area contributed by atoms with Gasteiger partial charge in [-0.05, 0) is 38.0 Å². The summed E-state index contributed by atoms with van der Waals surface area (Å²) < 4.78 is 27.0. The molecule has 2 aromatic rings. The highest BCUT2D eigenvalue weighted by molar-refractivity contribution is 7.13. The molecule has 5 nitrogen and oxygen atoms in total. The topological polar surface area (TPSA) is 52.6 Å². The number of rotatable bonds is 7. The summed E-state index contributed by atoms with van der Waals surface area (Å²) in [7, 11) is 0. The molecule has 1 aromatic carbocycles. The maximum absolute atomic E-state index is 13.7. The van der Waals surface area contributed by atoms with E-state index in [2.05, 4.69) is 25.9 Å². The Kier molecular flexibility index (Phi) is 6.98. The van der Waals surface area contributed by atoms with Gasteiger partial charge >= 0.3 is 0 Å². The first-order valence-electron chi connectivity index (χ1n) is 9.31. The summed E-state index contributed by atoms with van der Waals surface area (Å²) in [5.74, 6) is -0.332. The first-order chi connectivity index (χ1) is 13.2. The van der Waals surface area contributed by atoms with Gasteiger partial charge in [-0.3, -0.25) is 0 Å². The van der Waals surface area contributed by atoms with Crippen molar-refractivity contribution in [2.45, 2.75) is 32.7 Å². The summed E-state index contributed by atoms with van der Waals surface area (Å²) >= 11 is 1.69. The van der Waals surface area contributed by atoms with E-state index in [4.69, 9.17) is 4.98 Å². The van der Waals surface area contributed by atoms with Crippen LogP contribution in [-0.4, -0.2) is 37.1 Å². The Morgan fingerprint density at radius 2 is 2.07 bits per heavy atom. The van der Waals surface area contributed by atoms with Crippen LogP contribution in [0.5, 0.6) is 0 Å². The lowest BCUT2D eigenvalue weighted by molar-refractivity contribution is 0.585. The maximum Gasteiger partial charge on any atom is 0.191 e. The van der Waals surface area contributed by atoms with Gasteiger partial charge in [-0.1, -0.05) is 0 Å². The highest BCUT2D eigenvalue weighted by Gasteiger charge is 2.15. The lowest BCUT2D eigenvalue weighted by Crippen LogP contribution is -2.38. The molecule has 3 rings (SSSR count). The number of thiazole rings is 1. The summed E-state index contributed by atoms with van der Waals surface area (Å²) in [6, 6.07) is 3.41. The normalized spacial score (nSPS) is 14.6. The number of guanidine groups is 1. The van der Waals surface area contributed by atoms with Crippen LogP contribution in [0.4, 0.5) is 13.9 Å². The molecule has 146 valence electrons. The Balaban J connectivity index is 1.52. The van der Waals surface area contributed by atoms with Crippen LogP contribution in [0, 0.1) is 11.6 Å². The number of nitrogens with zero attached hydrogens (tertiary/aromatic N) is 3. The van der Waals surface area contributed by atoms with E-state index in [1.54, 1.807) is 11.3 Å². The molecule has 1 saturated heterocycles. The monoisotopic (exact) mass is 393 g/mol. The van der Waals surface area contributed by atoms with Gasteiger partial charge in [0.2, 0.25) is 0 Å². The summed E-state index contributed by atoms with van der Waals surface area (Å²) in [5, 5.41) is 9.55. The summed E-state index contributed by atoms with van der Waals surface area (Å²) in [4.78, 5) is 11.4. The van der Waals surface area contributed by atoms with Crippen LogP contribution in [0.25, 0.3) is 0 Å². The third-order valence-electron chi connectivity index (χ3n) is 4.35. The van der Waals surface area contributed by atoms with Crippen molar-refractivity contribution in [3.63, 3.8) is 0 Å². The summed E-state index contributed by atoms with van der Waals surface area (Å²) in [6.45, 7) is 5.59. The minimum Gasteiger partial charge on any atom is -0.357 e. The minimum atomic E-state index is -0.461. The lowest BCUT2D eigenvalue weighted by Gasteiger charge is -2.12. The second-order valence-electron chi connectivity index (χ2n) is 6.42. The van der Waals surface area contributed by atoms with Gasteiger partial charge in [-0.15, -0.1) is 11.3 Å². The number of halogens is 2. The van der Waals surface area contributed by atoms with Gasteiger partial charge in [0.05, 0.1) is 12.2 Å². The van der Waals surface area contributed by atoms with Crippen molar-refractivity contribution in [2.75, 3.05) is 31.1 Å². The van der Waals surface area contributed by atoms with Gasteiger partial charge < -0.3 is 15.5 Å². The molecular formula is C19H25F2N5S. The number of nitrogens with one attached hydrogen (secondary N) is 2. The van der Waals surface area contributed by atoms with Gasteiger partial charge in [0, 0.05) is 43.5 Å². The average molecular weight is 394 g/mol. The maximum atomic E-state index is 13.7. The lowest BCUT2D eigenvalue weighted by atomic mass is 10.2. The summed E-state index contributed by atoms with van der Waals surface area (Å²) in [6.07, 6.45) is 3.26. The van der Waals surface area contributed by atoms with E-state index in [-0.39, 0.29) is 12.1 Å². The standard InChI is InChI=1S/C19H25F2N5S/c1-2-22-18(24-12-14-11-15(20)5-6-17(14)21)23-8-7-16-13-27-19(25-16)26-9-3-4-10-26/h5-6,11,13H,2-4,7-10,12H2,1H3,(H2,22,23,24). The number of benzene rings is 1. The number of hydrogen-bond donors (Lipinski definition) is 2. The Labute approximate surface area is 162 Å². The molecule has 0 atom stereocenters. The van der Waals surface area contributed by atoms with Crippen LogP contribution in [0.15, 0.2) is 28.6 Å². The van der Waals surface area contributed by atoms with Crippen molar-refractivity contribution in [1.29, 1.82) is 0 Å². The number of aliphatic imine (C=N–C) groups is 1. The fourth-order valence-corrected chi connectivity index (χ4v) is 3.86. The molecule has 0 saturated carbocycles. The van der Waals surface area contributed by atoms with Gasteiger partial charge in [0.1, 0.15) is 11.6 Å². The predicted molar refractivity (Wildman–Crippen MR) is 106 cm³/mol. The van der Waals surface area contributed by atoms with E-state index in [0.717, 1.165) is 42.5 Å². The molecule has 1 aromatic heterocycles. The van der Waals surface area contributed by atoms with E-state index < -0.39 is 11.6 Å². The Bertz CT molecular complexity index is 771. The first-order valence-corrected chi connectivity index (χ1v) is 10.2. The molecule has 0 bridgehead atoms. The Morgan fingerprint density at radius 1 is 1.26 bits per heavy atom. The number of anilines is 1. The van der Waals surface area contributed by atoms with Crippen molar-refractivity contribution >= 4 is 22.4 Å². The molecule has 0 unspecified atom stereocenters. The van der Waals surface area contributed by atoms with Crippen molar-refractivity contribution in [2.24, 2.45) is 4.99 Å². The van der Waals surface area contributed by atoms with Crippen molar-refractivity contribution in [3.05, 3.63) is 46.5 Å². The number of aromatic nitrogens is 1. The molecule has 27 heavy (non-hydrogen) atoms. The molecule has 0 spiro atoms. The molecule has 8 heteroatoms. The van der Waals surface area contributed by atoms with Crippen molar-refractivity contribution in [1.82, 2.24) is 15.6 Å². The molecule has 2 N–H and O–H groups in total. The van der Waals surface area contributed by atoms with Crippen LogP contribution < -0.4 is 15.5 Å². The smallest absolute Gasteiger partial charge is 0.191 e. The first kappa shape index (κ1) is 19.5. The third-order valence-corrected chi connectivity index (χ3v) is 5.30. The molecule has 0 aliphatic carbocycles. The second kappa shape index (κ2) is 9.64. The van der Waals surface area contributed by atoms with E-state index in [1.165, 1.54) is 18.9 Å². The molecule has 0 radical (unpaired) electrons. The SMILES string of the molecule is CCNC(=NCc1cc(F)ccc1F)NCCc1csc(N2CCCC2)n1. The molecular weight excluding hydrogens is 368 g/mol. The second-order valence-corrected chi connectivity index (χ2v) is 7.26. The Hall–Kier alpha value is -2.22. The highest BCUT2D eigenvalue weighted by Crippen LogP contribution is 2.24. The number of hydrogen-bond acceptors (Lipinski definition) is 4. The van der Waals surface area contributed by atoms with Gasteiger partial charge in [-0.2, -0.15) is 0 Å². The summed E-state index contributed by atoms with van der Waals surface area (Å²) in [5.41, 5.74) is 1.29. The quantitative estimate of drug-likeness (QED) is 0.560. The van der Waals surface area contributed by atoms with Gasteiger partial charge in [-0.25, -0.2) is 18.8 Å². The largest absolute Gasteiger partial charge is 0.357 e. The molecule has 1 aliphatic heterocycles. The van der Waals surface area contributed by atoms with Gasteiger partial charge in [0.15, 0.2) is 11.1 Å².